The summed E-state index contributed by atoms with van der Waals surface area (Å²) >= 11 is 0. The number of carbonyl (C=O) groups is 2. The molecule has 2 aliphatic rings. The van der Waals surface area contributed by atoms with Crippen molar-refractivity contribution in [1.82, 2.24) is 15.1 Å². The Morgan fingerprint density at radius 1 is 1.39 bits per heavy atom. The third kappa shape index (κ3) is 3.72. The molecule has 0 bridgehead atoms. The average molecular weight is 321 g/mol. The molecule has 1 aliphatic heterocycles. The van der Waals surface area contributed by atoms with Crippen LogP contribution in [0, 0.1) is 12.8 Å². The summed E-state index contributed by atoms with van der Waals surface area (Å²) in [6, 6.07) is -0.576. The molecule has 2 heterocycles. The maximum absolute atomic E-state index is 12.4. The van der Waals surface area contributed by atoms with Gasteiger partial charge in [-0.3, -0.25) is 9.48 Å². The highest BCUT2D eigenvalue weighted by Gasteiger charge is 2.31. The van der Waals surface area contributed by atoms with Crippen LogP contribution in [0.4, 0.5) is 0 Å². The number of nitrogens with one attached hydrogen (secondary N) is 1. The van der Waals surface area contributed by atoms with Crippen LogP contribution in [0.15, 0.2) is 6.20 Å². The van der Waals surface area contributed by atoms with Crippen molar-refractivity contribution in [1.29, 1.82) is 0 Å². The molecular weight excluding hydrogens is 298 g/mol. The van der Waals surface area contributed by atoms with Gasteiger partial charge in [-0.2, -0.15) is 5.10 Å². The van der Waals surface area contributed by atoms with E-state index < -0.39 is 12.0 Å². The van der Waals surface area contributed by atoms with Crippen molar-refractivity contribution in [2.24, 2.45) is 5.92 Å². The SMILES string of the molecule is Cc1c(C(=O)NC(CC2CC2)C(=O)O)cnn1C1CCOCC1. The number of aromatic nitrogens is 2. The van der Waals surface area contributed by atoms with Crippen LogP contribution in [-0.4, -0.2) is 46.0 Å². The molecule has 0 radical (unpaired) electrons. The number of carboxylic acids is 1. The van der Waals surface area contributed by atoms with E-state index in [-0.39, 0.29) is 11.9 Å². The van der Waals surface area contributed by atoms with Gasteiger partial charge in [-0.15, -0.1) is 0 Å². The van der Waals surface area contributed by atoms with Crippen molar-refractivity contribution < 1.29 is 19.4 Å². The second kappa shape index (κ2) is 6.70. The van der Waals surface area contributed by atoms with Crippen molar-refractivity contribution in [2.75, 3.05) is 13.2 Å². The summed E-state index contributed by atoms with van der Waals surface area (Å²) in [5.74, 6) is -0.893. The summed E-state index contributed by atoms with van der Waals surface area (Å²) in [6.45, 7) is 3.26. The molecule has 1 aromatic heterocycles. The third-order valence-corrected chi connectivity index (χ3v) is 4.70. The standard InChI is InChI=1S/C16H23N3O4/c1-10-13(9-17-19(10)12-4-6-23-7-5-12)15(20)18-14(16(21)22)8-11-2-3-11/h9,11-12,14H,2-8H2,1H3,(H,18,20)(H,21,22). The molecule has 0 aromatic carbocycles. The summed E-state index contributed by atoms with van der Waals surface area (Å²) in [5, 5.41) is 16.3. The number of ether oxygens (including phenoxy) is 1. The molecule has 2 fully saturated rings. The van der Waals surface area contributed by atoms with Gasteiger partial charge in [-0.25, -0.2) is 4.79 Å². The lowest BCUT2D eigenvalue weighted by molar-refractivity contribution is -0.139. The molecule has 7 heteroatoms. The minimum atomic E-state index is -0.972. The molecule has 1 aromatic rings. The van der Waals surface area contributed by atoms with Gasteiger partial charge in [-0.1, -0.05) is 12.8 Å². The third-order valence-electron chi connectivity index (χ3n) is 4.70. The quantitative estimate of drug-likeness (QED) is 0.828. The number of carboxylic acid groups (broad SMARTS) is 1. The molecule has 126 valence electrons. The van der Waals surface area contributed by atoms with E-state index in [0.717, 1.165) is 31.4 Å². The minimum absolute atomic E-state index is 0.243. The maximum Gasteiger partial charge on any atom is 0.326 e. The van der Waals surface area contributed by atoms with E-state index in [0.29, 0.717) is 31.1 Å². The lowest BCUT2D eigenvalue weighted by atomic mass is 10.1. The second-order valence-corrected chi connectivity index (χ2v) is 6.48. The highest BCUT2D eigenvalue weighted by molar-refractivity contribution is 5.97. The first-order valence-corrected chi connectivity index (χ1v) is 8.21. The first-order chi connectivity index (χ1) is 11.1. The molecule has 1 saturated carbocycles. The van der Waals surface area contributed by atoms with E-state index in [2.05, 4.69) is 10.4 Å². The van der Waals surface area contributed by atoms with Crippen molar-refractivity contribution in [3.63, 3.8) is 0 Å². The van der Waals surface area contributed by atoms with Crippen LogP contribution in [0.1, 0.15) is 54.2 Å². The molecule has 0 spiro atoms. The molecule has 1 saturated heterocycles. The van der Waals surface area contributed by atoms with Crippen LogP contribution in [0.2, 0.25) is 0 Å². The fourth-order valence-corrected chi connectivity index (χ4v) is 3.09. The first kappa shape index (κ1) is 16.0. The van der Waals surface area contributed by atoms with Crippen molar-refractivity contribution >= 4 is 11.9 Å². The van der Waals surface area contributed by atoms with Crippen LogP contribution < -0.4 is 5.32 Å². The van der Waals surface area contributed by atoms with E-state index in [1.165, 1.54) is 6.20 Å². The van der Waals surface area contributed by atoms with Gasteiger partial charge in [0.1, 0.15) is 6.04 Å². The monoisotopic (exact) mass is 321 g/mol. The number of amides is 1. The number of hydrogen-bond donors (Lipinski definition) is 2. The fourth-order valence-electron chi connectivity index (χ4n) is 3.09. The molecule has 3 rings (SSSR count). The van der Waals surface area contributed by atoms with E-state index >= 15 is 0 Å². The summed E-state index contributed by atoms with van der Waals surface area (Å²) in [4.78, 5) is 23.7. The van der Waals surface area contributed by atoms with Crippen LogP contribution in [0.5, 0.6) is 0 Å². The lowest BCUT2D eigenvalue weighted by Gasteiger charge is -2.23. The second-order valence-electron chi connectivity index (χ2n) is 6.48. The van der Waals surface area contributed by atoms with E-state index in [1.807, 2.05) is 11.6 Å². The number of carbonyl (C=O) groups excluding carboxylic acids is 1. The molecule has 23 heavy (non-hydrogen) atoms. The Labute approximate surface area is 135 Å². The Morgan fingerprint density at radius 2 is 2.09 bits per heavy atom. The minimum Gasteiger partial charge on any atom is -0.480 e. The zero-order valence-corrected chi connectivity index (χ0v) is 13.3. The van der Waals surface area contributed by atoms with Crippen LogP contribution >= 0.6 is 0 Å². The summed E-state index contributed by atoms with van der Waals surface area (Å²) < 4.78 is 7.22. The van der Waals surface area contributed by atoms with Gasteiger partial charge in [0.25, 0.3) is 5.91 Å². The molecule has 1 amide bonds. The van der Waals surface area contributed by atoms with Gasteiger partial charge >= 0.3 is 5.97 Å². The highest BCUT2D eigenvalue weighted by atomic mass is 16.5. The van der Waals surface area contributed by atoms with Crippen molar-refractivity contribution in [2.45, 2.75) is 51.1 Å². The van der Waals surface area contributed by atoms with E-state index in [9.17, 15) is 14.7 Å². The Bertz CT molecular complexity index is 588. The fraction of sp³-hybridized carbons (Fsp3) is 0.688. The van der Waals surface area contributed by atoms with Crippen LogP contribution in [0.3, 0.4) is 0 Å². The number of hydrogen-bond acceptors (Lipinski definition) is 4. The zero-order chi connectivity index (χ0) is 16.4. The highest BCUT2D eigenvalue weighted by Crippen LogP contribution is 2.33. The summed E-state index contributed by atoms with van der Waals surface area (Å²) in [7, 11) is 0. The van der Waals surface area contributed by atoms with E-state index in [4.69, 9.17) is 4.74 Å². The van der Waals surface area contributed by atoms with Crippen LogP contribution in [0.25, 0.3) is 0 Å². The van der Waals surface area contributed by atoms with Crippen molar-refractivity contribution in [3.05, 3.63) is 17.5 Å². The van der Waals surface area contributed by atoms with Gasteiger partial charge in [0.05, 0.1) is 17.8 Å². The van der Waals surface area contributed by atoms with Gasteiger partial charge in [-0.05, 0) is 32.1 Å². The average Bonchev–Trinajstić information content (AvgIpc) is 3.27. The molecule has 2 N–H and O–H groups in total. The Hall–Kier alpha value is -1.89. The Morgan fingerprint density at radius 3 is 2.70 bits per heavy atom. The van der Waals surface area contributed by atoms with Gasteiger partial charge < -0.3 is 15.2 Å². The first-order valence-electron chi connectivity index (χ1n) is 8.21. The molecule has 1 aliphatic carbocycles. The zero-order valence-electron chi connectivity index (χ0n) is 13.3. The maximum atomic E-state index is 12.4. The smallest absolute Gasteiger partial charge is 0.326 e. The van der Waals surface area contributed by atoms with E-state index in [1.54, 1.807) is 0 Å². The molecule has 1 atom stereocenters. The largest absolute Gasteiger partial charge is 0.480 e. The predicted molar refractivity (Wildman–Crippen MR) is 82.3 cm³/mol. The lowest BCUT2D eigenvalue weighted by Crippen LogP contribution is -2.41. The predicted octanol–water partition coefficient (Wildman–Crippen LogP) is 1.53. The van der Waals surface area contributed by atoms with Crippen LogP contribution in [-0.2, 0) is 9.53 Å². The topological polar surface area (TPSA) is 93.5 Å². The number of nitrogens with zero attached hydrogens (tertiary/aromatic N) is 2. The normalized spacial score (nSPS) is 20.2. The number of rotatable bonds is 6. The van der Waals surface area contributed by atoms with Gasteiger partial charge in [0, 0.05) is 18.9 Å². The molecular formula is C16H23N3O4. The Kier molecular flexibility index (Phi) is 4.66. The van der Waals surface area contributed by atoms with Crippen molar-refractivity contribution in [3.8, 4) is 0 Å². The van der Waals surface area contributed by atoms with Gasteiger partial charge in [0.15, 0.2) is 0 Å². The summed E-state index contributed by atoms with van der Waals surface area (Å²) in [6.07, 6.45) is 5.91. The number of aliphatic carboxylic acids is 1. The molecule has 1 unspecified atom stereocenters. The summed E-state index contributed by atoms with van der Waals surface area (Å²) in [5.41, 5.74) is 1.24. The molecule has 7 nitrogen and oxygen atoms in total. The van der Waals surface area contributed by atoms with Gasteiger partial charge in [0.2, 0.25) is 0 Å². The Balaban J connectivity index is 1.68.